The number of carbonyl (C=O) groups excluding carboxylic acids is 1. The number of piperidine rings is 1. The van der Waals surface area contributed by atoms with Crippen LogP contribution in [0, 0.1) is 18.7 Å². The fourth-order valence-corrected chi connectivity index (χ4v) is 4.33. The molecular formula is C27H33FN4O5. The Morgan fingerprint density at radius 3 is 2.65 bits per heavy atom. The molecule has 0 spiro atoms. The van der Waals surface area contributed by atoms with Crippen LogP contribution < -0.4 is 15.0 Å². The van der Waals surface area contributed by atoms with E-state index in [4.69, 9.17) is 14.3 Å². The van der Waals surface area contributed by atoms with Gasteiger partial charge in [-0.25, -0.2) is 14.4 Å². The zero-order valence-electron chi connectivity index (χ0n) is 20.9. The molecule has 198 valence electrons. The van der Waals surface area contributed by atoms with Gasteiger partial charge in [-0.15, -0.1) is 0 Å². The van der Waals surface area contributed by atoms with E-state index in [-0.39, 0.29) is 12.1 Å². The number of nitrogens with one attached hydrogen (secondary N) is 1. The van der Waals surface area contributed by atoms with Crippen molar-refractivity contribution < 1.29 is 28.6 Å². The molecule has 0 bridgehead atoms. The van der Waals surface area contributed by atoms with E-state index < -0.39 is 24.4 Å². The van der Waals surface area contributed by atoms with Gasteiger partial charge in [0, 0.05) is 38.1 Å². The first kappa shape index (κ1) is 26.6. The summed E-state index contributed by atoms with van der Waals surface area (Å²) < 4.78 is 25.6. The van der Waals surface area contributed by atoms with Gasteiger partial charge in [-0.1, -0.05) is 0 Å². The first-order chi connectivity index (χ1) is 17.9. The highest BCUT2D eigenvalue weighted by molar-refractivity contribution is 5.94. The largest absolute Gasteiger partial charge is 0.493 e. The van der Waals surface area contributed by atoms with Crippen LogP contribution in [0.5, 0.6) is 5.75 Å². The molecule has 2 aromatic heterocycles. The molecule has 37 heavy (non-hydrogen) atoms. The van der Waals surface area contributed by atoms with Crippen molar-refractivity contribution >= 4 is 11.9 Å². The van der Waals surface area contributed by atoms with Crippen molar-refractivity contribution in [2.24, 2.45) is 5.92 Å². The molecule has 3 N–H and O–H groups in total. The predicted molar refractivity (Wildman–Crippen MR) is 136 cm³/mol. The summed E-state index contributed by atoms with van der Waals surface area (Å²) in [5, 5.41) is 20.5. The number of halogens is 1. The molecule has 1 amide bonds. The molecule has 4 rings (SSSR count). The third kappa shape index (κ3) is 7.27. The Morgan fingerprint density at radius 2 is 2.00 bits per heavy atom. The van der Waals surface area contributed by atoms with Crippen LogP contribution in [0.25, 0.3) is 11.3 Å². The molecule has 1 aliphatic heterocycles. The van der Waals surface area contributed by atoms with E-state index in [1.165, 1.54) is 12.1 Å². The number of nitrogens with zero attached hydrogens (tertiary/aromatic N) is 3. The quantitative estimate of drug-likeness (QED) is 0.335. The molecule has 1 saturated heterocycles. The number of rotatable bonds is 11. The number of ether oxygens (including phenoxy) is 1. The molecule has 1 fully saturated rings. The third-order valence-electron chi connectivity index (χ3n) is 6.48. The topological polar surface area (TPSA) is 121 Å². The molecule has 3 heterocycles. The number of aliphatic hydroxyl groups excluding tert-OH is 2. The number of aromatic nitrogens is 2. The monoisotopic (exact) mass is 512 g/mol. The van der Waals surface area contributed by atoms with Crippen LogP contribution in [0.4, 0.5) is 10.3 Å². The second-order valence-corrected chi connectivity index (χ2v) is 9.29. The van der Waals surface area contributed by atoms with Crippen LogP contribution in [-0.4, -0.2) is 65.0 Å². The maximum atomic E-state index is 14.3. The van der Waals surface area contributed by atoms with Gasteiger partial charge in [-0.2, -0.15) is 0 Å². The van der Waals surface area contributed by atoms with Gasteiger partial charge in [-0.05, 0) is 62.8 Å². The highest BCUT2D eigenvalue weighted by Gasteiger charge is 2.21. The molecule has 0 aliphatic carbocycles. The van der Waals surface area contributed by atoms with E-state index >= 15 is 0 Å². The summed E-state index contributed by atoms with van der Waals surface area (Å²) in [6.45, 7) is 3.53. The average molecular weight is 513 g/mol. The number of furan rings is 1. The standard InChI is InChI=1S/C27H33FN4O5/c1-18-4-7-25(37-18)20-14-30-27(31-15-20)32-10-8-19(9-11-32)3-2-12-36-22-5-6-23(24(28)13-22)26(35)29-16-21(34)17-33/h4-7,13-15,19,21,33-34H,2-3,8-12,16-17H2,1H3,(H,29,35). The Labute approximate surface area is 215 Å². The predicted octanol–water partition coefficient (Wildman–Crippen LogP) is 3.34. The molecule has 0 radical (unpaired) electrons. The normalized spacial score (nSPS) is 15.0. The Morgan fingerprint density at radius 1 is 1.24 bits per heavy atom. The summed E-state index contributed by atoms with van der Waals surface area (Å²) in [6.07, 6.45) is 6.47. The molecule has 9 nitrogen and oxygen atoms in total. The molecule has 1 aromatic carbocycles. The summed E-state index contributed by atoms with van der Waals surface area (Å²) in [5.74, 6) is 1.95. The van der Waals surface area contributed by atoms with Crippen molar-refractivity contribution in [1.29, 1.82) is 0 Å². The SMILES string of the molecule is Cc1ccc(-c2cnc(N3CCC(CCCOc4ccc(C(=O)NCC(O)CO)c(F)c4)CC3)nc2)o1. The second kappa shape index (κ2) is 12.6. The molecule has 1 atom stereocenters. The first-order valence-corrected chi connectivity index (χ1v) is 12.6. The van der Waals surface area contributed by atoms with Gasteiger partial charge in [0.1, 0.15) is 23.1 Å². The summed E-state index contributed by atoms with van der Waals surface area (Å²) in [7, 11) is 0. The zero-order valence-corrected chi connectivity index (χ0v) is 20.9. The van der Waals surface area contributed by atoms with E-state index in [9.17, 15) is 14.3 Å². The summed E-state index contributed by atoms with van der Waals surface area (Å²) in [5.41, 5.74) is 0.723. The van der Waals surface area contributed by atoms with Crippen molar-refractivity contribution in [3.05, 3.63) is 59.9 Å². The number of benzene rings is 1. The number of hydrogen-bond acceptors (Lipinski definition) is 8. The van der Waals surface area contributed by atoms with Crippen molar-refractivity contribution in [3.8, 4) is 17.1 Å². The van der Waals surface area contributed by atoms with Gasteiger partial charge >= 0.3 is 0 Å². The zero-order chi connectivity index (χ0) is 26.2. The van der Waals surface area contributed by atoms with Gasteiger partial charge in [0.2, 0.25) is 5.95 Å². The van der Waals surface area contributed by atoms with Crippen LogP contribution in [0.3, 0.4) is 0 Å². The van der Waals surface area contributed by atoms with Crippen molar-refractivity contribution in [2.75, 3.05) is 37.7 Å². The molecule has 3 aromatic rings. The van der Waals surface area contributed by atoms with E-state index in [2.05, 4.69) is 20.2 Å². The van der Waals surface area contributed by atoms with Crippen LogP contribution in [0.15, 0.2) is 47.1 Å². The Balaban J connectivity index is 1.16. The maximum Gasteiger partial charge on any atom is 0.254 e. The summed E-state index contributed by atoms with van der Waals surface area (Å²) >= 11 is 0. The molecule has 10 heteroatoms. The maximum absolute atomic E-state index is 14.3. The highest BCUT2D eigenvalue weighted by Crippen LogP contribution is 2.26. The lowest BCUT2D eigenvalue weighted by Gasteiger charge is -2.32. The summed E-state index contributed by atoms with van der Waals surface area (Å²) in [6, 6.07) is 7.93. The first-order valence-electron chi connectivity index (χ1n) is 12.6. The van der Waals surface area contributed by atoms with Crippen LogP contribution in [0.2, 0.25) is 0 Å². The van der Waals surface area contributed by atoms with E-state index in [1.54, 1.807) is 18.5 Å². The number of hydrogen-bond donors (Lipinski definition) is 3. The van der Waals surface area contributed by atoms with Crippen LogP contribution in [-0.2, 0) is 0 Å². The van der Waals surface area contributed by atoms with Gasteiger partial charge < -0.3 is 29.6 Å². The summed E-state index contributed by atoms with van der Waals surface area (Å²) in [4.78, 5) is 23.3. The van der Waals surface area contributed by atoms with Gasteiger partial charge in [0.15, 0.2) is 0 Å². The number of carbonyl (C=O) groups is 1. The minimum Gasteiger partial charge on any atom is -0.493 e. The highest BCUT2D eigenvalue weighted by atomic mass is 19.1. The minimum atomic E-state index is -1.08. The Hall–Kier alpha value is -3.50. The molecule has 1 unspecified atom stereocenters. The smallest absolute Gasteiger partial charge is 0.254 e. The Kier molecular flexibility index (Phi) is 9.08. The van der Waals surface area contributed by atoms with Gasteiger partial charge in [0.25, 0.3) is 5.91 Å². The van der Waals surface area contributed by atoms with Crippen molar-refractivity contribution in [3.63, 3.8) is 0 Å². The Bertz CT molecular complexity index is 1160. The van der Waals surface area contributed by atoms with Crippen molar-refractivity contribution in [1.82, 2.24) is 15.3 Å². The van der Waals surface area contributed by atoms with Crippen molar-refractivity contribution in [2.45, 2.75) is 38.7 Å². The van der Waals surface area contributed by atoms with E-state index in [0.717, 1.165) is 61.8 Å². The fourth-order valence-electron chi connectivity index (χ4n) is 4.33. The second-order valence-electron chi connectivity index (χ2n) is 9.29. The number of aryl methyl sites for hydroxylation is 1. The third-order valence-corrected chi connectivity index (χ3v) is 6.48. The van der Waals surface area contributed by atoms with Gasteiger partial charge in [-0.3, -0.25) is 4.79 Å². The fraction of sp³-hybridized carbons (Fsp3) is 0.444. The molecule has 1 aliphatic rings. The number of anilines is 1. The average Bonchev–Trinajstić information content (AvgIpc) is 3.36. The lowest BCUT2D eigenvalue weighted by Crippen LogP contribution is -2.34. The van der Waals surface area contributed by atoms with Crippen LogP contribution >= 0.6 is 0 Å². The lowest BCUT2D eigenvalue weighted by molar-refractivity contribution is 0.0799. The van der Waals surface area contributed by atoms with Gasteiger partial charge in [0.05, 0.1) is 30.4 Å². The number of amides is 1. The van der Waals surface area contributed by atoms with E-state index in [1.807, 2.05) is 19.1 Å². The lowest BCUT2D eigenvalue weighted by atomic mass is 9.92. The van der Waals surface area contributed by atoms with E-state index in [0.29, 0.717) is 18.3 Å². The molecule has 0 saturated carbocycles. The minimum absolute atomic E-state index is 0.140. The molecular weight excluding hydrogens is 479 g/mol. The number of aliphatic hydroxyl groups is 2. The van der Waals surface area contributed by atoms with Crippen LogP contribution in [0.1, 0.15) is 41.8 Å².